The molecular formula is C27H22. The third kappa shape index (κ3) is 2.10. The van der Waals surface area contributed by atoms with E-state index in [-0.39, 0.29) is 5.41 Å². The molecule has 4 aromatic rings. The van der Waals surface area contributed by atoms with Crippen LogP contribution < -0.4 is 0 Å². The maximum absolute atomic E-state index is 2.32. The van der Waals surface area contributed by atoms with Gasteiger partial charge in [-0.1, -0.05) is 97.1 Å². The number of aryl methyl sites for hydroxylation is 2. The Balaban J connectivity index is 2.02. The van der Waals surface area contributed by atoms with Crippen molar-refractivity contribution in [3.8, 4) is 11.1 Å². The van der Waals surface area contributed by atoms with Gasteiger partial charge in [0.2, 0.25) is 0 Å². The Bertz CT molecular complexity index is 1030. The van der Waals surface area contributed by atoms with E-state index in [1.807, 2.05) is 0 Å². The van der Waals surface area contributed by atoms with E-state index in [9.17, 15) is 0 Å². The molecule has 130 valence electrons. The number of rotatable bonds is 2. The Morgan fingerprint density at radius 1 is 0.444 bits per heavy atom. The fourth-order valence-corrected chi connectivity index (χ4v) is 4.93. The first-order valence-corrected chi connectivity index (χ1v) is 9.56. The van der Waals surface area contributed by atoms with Gasteiger partial charge in [0.25, 0.3) is 0 Å². The molecule has 0 bridgehead atoms. The zero-order valence-electron chi connectivity index (χ0n) is 15.7. The Morgan fingerprint density at radius 3 is 1.26 bits per heavy atom. The predicted octanol–water partition coefficient (Wildman–Crippen LogP) is 6.67. The number of hydrogen-bond acceptors (Lipinski definition) is 0. The molecule has 0 unspecified atom stereocenters. The summed E-state index contributed by atoms with van der Waals surface area (Å²) in [6, 6.07) is 35.5. The van der Waals surface area contributed by atoms with Gasteiger partial charge in [0.05, 0.1) is 5.41 Å². The summed E-state index contributed by atoms with van der Waals surface area (Å²) >= 11 is 0. The minimum Gasteiger partial charge on any atom is -0.0622 e. The first-order valence-electron chi connectivity index (χ1n) is 9.56. The second-order valence-electron chi connectivity index (χ2n) is 7.48. The zero-order valence-corrected chi connectivity index (χ0v) is 15.7. The summed E-state index contributed by atoms with van der Waals surface area (Å²) in [4.78, 5) is 0. The van der Waals surface area contributed by atoms with Gasteiger partial charge in [-0.3, -0.25) is 0 Å². The molecule has 0 saturated heterocycles. The van der Waals surface area contributed by atoms with E-state index in [1.54, 1.807) is 0 Å². The molecule has 1 aliphatic rings. The van der Waals surface area contributed by atoms with Gasteiger partial charge >= 0.3 is 0 Å². The van der Waals surface area contributed by atoms with E-state index in [0.29, 0.717) is 0 Å². The van der Waals surface area contributed by atoms with Crippen LogP contribution in [-0.4, -0.2) is 0 Å². The van der Waals surface area contributed by atoms with Crippen LogP contribution in [0.25, 0.3) is 11.1 Å². The summed E-state index contributed by atoms with van der Waals surface area (Å²) in [5, 5.41) is 0. The van der Waals surface area contributed by atoms with Crippen LogP contribution in [0.5, 0.6) is 0 Å². The SMILES string of the molecule is Cc1cccc2c1-c1c(C)cccc1C2(c1ccccc1)c1ccccc1. The van der Waals surface area contributed by atoms with Crippen LogP contribution in [0.2, 0.25) is 0 Å². The van der Waals surface area contributed by atoms with Crippen molar-refractivity contribution in [3.63, 3.8) is 0 Å². The Kier molecular flexibility index (Phi) is 3.55. The molecule has 1 aliphatic carbocycles. The zero-order chi connectivity index (χ0) is 18.4. The molecule has 27 heavy (non-hydrogen) atoms. The van der Waals surface area contributed by atoms with Gasteiger partial charge < -0.3 is 0 Å². The second kappa shape index (κ2) is 5.96. The quantitative estimate of drug-likeness (QED) is 0.335. The van der Waals surface area contributed by atoms with Crippen LogP contribution in [0.3, 0.4) is 0 Å². The molecule has 0 saturated carbocycles. The van der Waals surface area contributed by atoms with Gasteiger partial charge in [-0.15, -0.1) is 0 Å². The van der Waals surface area contributed by atoms with Crippen LogP contribution in [0, 0.1) is 13.8 Å². The highest BCUT2D eigenvalue weighted by molar-refractivity contribution is 5.89. The highest BCUT2D eigenvalue weighted by atomic mass is 14.5. The van der Waals surface area contributed by atoms with Crippen LogP contribution in [0.1, 0.15) is 33.4 Å². The maximum atomic E-state index is 2.32. The molecule has 0 aromatic heterocycles. The molecule has 0 heterocycles. The van der Waals surface area contributed by atoms with E-state index in [0.717, 1.165) is 0 Å². The van der Waals surface area contributed by atoms with Crippen molar-refractivity contribution >= 4 is 0 Å². The highest BCUT2D eigenvalue weighted by Crippen LogP contribution is 2.57. The number of fused-ring (bicyclic) bond motifs is 3. The minimum absolute atomic E-state index is 0.273. The molecule has 0 radical (unpaired) electrons. The lowest BCUT2D eigenvalue weighted by Gasteiger charge is -2.34. The second-order valence-corrected chi connectivity index (χ2v) is 7.48. The first kappa shape index (κ1) is 16.1. The lowest BCUT2D eigenvalue weighted by atomic mass is 9.67. The van der Waals surface area contributed by atoms with Crippen molar-refractivity contribution in [1.82, 2.24) is 0 Å². The van der Waals surface area contributed by atoms with Gasteiger partial charge in [0, 0.05) is 0 Å². The molecule has 0 fully saturated rings. The summed E-state index contributed by atoms with van der Waals surface area (Å²) in [5.41, 5.74) is 10.7. The molecule has 0 aliphatic heterocycles. The van der Waals surface area contributed by atoms with Crippen LogP contribution in [-0.2, 0) is 5.41 Å². The topological polar surface area (TPSA) is 0 Å². The molecule has 0 nitrogen and oxygen atoms in total. The Hall–Kier alpha value is -3.12. The van der Waals surface area contributed by atoms with Crippen molar-refractivity contribution in [2.24, 2.45) is 0 Å². The largest absolute Gasteiger partial charge is 0.0713 e. The minimum atomic E-state index is -0.273. The molecule has 0 N–H and O–H groups in total. The predicted molar refractivity (Wildman–Crippen MR) is 113 cm³/mol. The van der Waals surface area contributed by atoms with Crippen LogP contribution >= 0.6 is 0 Å². The van der Waals surface area contributed by atoms with Crippen molar-refractivity contribution in [1.29, 1.82) is 0 Å². The van der Waals surface area contributed by atoms with Gasteiger partial charge in [0.1, 0.15) is 0 Å². The van der Waals surface area contributed by atoms with Crippen LogP contribution in [0.15, 0.2) is 97.1 Å². The summed E-state index contributed by atoms with van der Waals surface area (Å²) in [6.45, 7) is 4.47. The molecule has 0 heteroatoms. The smallest absolute Gasteiger partial charge is 0.0622 e. The average Bonchev–Trinajstić information content (AvgIpc) is 3.03. The summed E-state index contributed by atoms with van der Waals surface area (Å²) in [5.74, 6) is 0. The first-order chi connectivity index (χ1) is 13.2. The standard InChI is InChI=1S/C27H22/c1-19-11-9-17-23-25(19)26-20(2)12-10-18-24(26)27(23,21-13-5-3-6-14-21)22-15-7-4-8-16-22/h3-18H,1-2H3. The molecule has 0 spiro atoms. The van der Waals surface area contributed by atoms with Gasteiger partial charge in [-0.05, 0) is 58.4 Å². The van der Waals surface area contributed by atoms with Crippen molar-refractivity contribution < 1.29 is 0 Å². The summed E-state index contributed by atoms with van der Waals surface area (Å²) in [6.07, 6.45) is 0. The van der Waals surface area contributed by atoms with E-state index < -0.39 is 0 Å². The van der Waals surface area contributed by atoms with E-state index in [1.165, 1.54) is 44.5 Å². The summed E-state index contributed by atoms with van der Waals surface area (Å²) < 4.78 is 0. The molecule has 4 aromatic carbocycles. The Morgan fingerprint density at radius 2 is 0.852 bits per heavy atom. The van der Waals surface area contributed by atoms with Crippen molar-refractivity contribution in [2.75, 3.05) is 0 Å². The fourth-order valence-electron chi connectivity index (χ4n) is 4.93. The third-order valence-electron chi connectivity index (χ3n) is 6.02. The van der Waals surface area contributed by atoms with E-state index >= 15 is 0 Å². The number of hydrogen-bond donors (Lipinski definition) is 0. The van der Waals surface area contributed by atoms with Crippen LogP contribution in [0.4, 0.5) is 0 Å². The normalized spacial score (nSPS) is 13.9. The lowest BCUT2D eigenvalue weighted by Crippen LogP contribution is -2.28. The molecule has 5 rings (SSSR count). The molecular weight excluding hydrogens is 324 g/mol. The fraction of sp³-hybridized carbons (Fsp3) is 0.111. The highest BCUT2D eigenvalue weighted by Gasteiger charge is 2.46. The lowest BCUT2D eigenvalue weighted by molar-refractivity contribution is 0.767. The van der Waals surface area contributed by atoms with Crippen molar-refractivity contribution in [3.05, 3.63) is 130 Å². The maximum Gasteiger partial charge on any atom is 0.0713 e. The van der Waals surface area contributed by atoms with E-state index in [2.05, 4.69) is 111 Å². The van der Waals surface area contributed by atoms with Gasteiger partial charge in [-0.2, -0.15) is 0 Å². The van der Waals surface area contributed by atoms with Crippen molar-refractivity contribution in [2.45, 2.75) is 19.3 Å². The van der Waals surface area contributed by atoms with Gasteiger partial charge in [0.15, 0.2) is 0 Å². The summed E-state index contributed by atoms with van der Waals surface area (Å²) in [7, 11) is 0. The Labute approximate surface area is 161 Å². The number of benzene rings is 4. The average molecular weight is 346 g/mol. The molecule has 0 amide bonds. The van der Waals surface area contributed by atoms with E-state index in [4.69, 9.17) is 0 Å². The van der Waals surface area contributed by atoms with Gasteiger partial charge in [-0.25, -0.2) is 0 Å². The third-order valence-corrected chi connectivity index (χ3v) is 6.02. The monoisotopic (exact) mass is 346 g/mol. The molecule has 0 atom stereocenters.